The molecule has 7 aliphatic rings. The van der Waals surface area contributed by atoms with Crippen molar-refractivity contribution in [2.75, 3.05) is 6.61 Å². The van der Waals surface area contributed by atoms with Gasteiger partial charge in [0.2, 0.25) is 5.79 Å². The fourth-order valence-electron chi connectivity index (χ4n) is 10.5. The van der Waals surface area contributed by atoms with Crippen molar-refractivity contribution < 1.29 is 63.5 Å². The first-order chi connectivity index (χ1) is 26.9. The molecule has 7 heterocycles. The highest BCUT2D eigenvalue weighted by Gasteiger charge is 2.55. The van der Waals surface area contributed by atoms with Gasteiger partial charge in [-0.25, -0.2) is 4.79 Å². The standard InChI is InChI=1S/C44H68O13/c1-25-21-34(55-44(23-25)35(46)12-11-31(54-44)24-41(6,50)40(48)49)26(2)9-10-30-14-18-43(53-30)19-15-33-39(57-43)36(47)29(5)38(52-33)32(45)22-28(4)37-27(3)13-17-42(56-37)16-7-8-20-51-42/h9-10,23,26-28,30-39,45-47,50H,5,7-8,11-22,24H2,1-4,6H3,(H,48,49)/t26-,27-,28+,30+,31+,32+,33-,34+,35-,36-,37+,38+,39-,41-,42+,43-,44-/m1/s1. The number of fused-ring (bicyclic) bond motifs is 1. The zero-order valence-corrected chi connectivity index (χ0v) is 34.6. The molecule has 0 unspecified atom stereocenters. The predicted molar refractivity (Wildman–Crippen MR) is 208 cm³/mol. The van der Waals surface area contributed by atoms with Crippen molar-refractivity contribution in [3.8, 4) is 0 Å². The van der Waals surface area contributed by atoms with Gasteiger partial charge < -0.3 is 58.7 Å². The maximum Gasteiger partial charge on any atom is 0.335 e. The number of aliphatic carboxylic acids is 1. The third-order valence-electron chi connectivity index (χ3n) is 14.0. The molecule has 0 aromatic carbocycles. The van der Waals surface area contributed by atoms with Crippen molar-refractivity contribution in [2.45, 2.75) is 209 Å². The van der Waals surface area contributed by atoms with Gasteiger partial charge in [0.1, 0.15) is 24.4 Å². The van der Waals surface area contributed by atoms with E-state index in [9.17, 15) is 30.3 Å². The third-order valence-corrected chi connectivity index (χ3v) is 14.0. The number of carboxylic acids is 1. The van der Waals surface area contributed by atoms with Crippen LogP contribution >= 0.6 is 0 Å². The highest BCUT2D eigenvalue weighted by molar-refractivity contribution is 5.76. The summed E-state index contributed by atoms with van der Waals surface area (Å²) in [6.07, 6.45) is 9.37. The van der Waals surface area contributed by atoms with Gasteiger partial charge in [0.15, 0.2) is 17.2 Å². The van der Waals surface area contributed by atoms with E-state index in [0.29, 0.717) is 56.4 Å². The van der Waals surface area contributed by atoms with E-state index in [0.717, 1.165) is 50.7 Å². The number of hydrogen-bond donors (Lipinski definition) is 5. The zero-order valence-electron chi connectivity index (χ0n) is 34.6. The molecule has 17 atom stereocenters. The minimum absolute atomic E-state index is 0.0423. The van der Waals surface area contributed by atoms with Gasteiger partial charge in [-0.3, -0.25) is 0 Å². The molecular weight excluding hydrogens is 736 g/mol. The van der Waals surface area contributed by atoms with Gasteiger partial charge in [-0.05, 0) is 95.1 Å². The summed E-state index contributed by atoms with van der Waals surface area (Å²) >= 11 is 0. The molecule has 7 aliphatic heterocycles. The average molecular weight is 805 g/mol. The molecule has 0 radical (unpaired) electrons. The van der Waals surface area contributed by atoms with Gasteiger partial charge in [0.05, 0.1) is 43.2 Å². The van der Waals surface area contributed by atoms with Crippen LogP contribution in [0.5, 0.6) is 0 Å². The fourth-order valence-corrected chi connectivity index (χ4v) is 10.5. The van der Waals surface area contributed by atoms with E-state index >= 15 is 0 Å². The Morgan fingerprint density at radius 1 is 1.00 bits per heavy atom. The minimum atomic E-state index is -1.96. The van der Waals surface area contributed by atoms with Gasteiger partial charge >= 0.3 is 5.97 Å². The topological polar surface area (TPSA) is 183 Å². The normalized spacial score (nSPS) is 45.4. The van der Waals surface area contributed by atoms with E-state index in [1.807, 2.05) is 19.9 Å². The monoisotopic (exact) mass is 804 g/mol. The lowest BCUT2D eigenvalue weighted by molar-refractivity contribution is -0.321. The molecule has 13 heteroatoms. The number of aliphatic hydroxyl groups excluding tert-OH is 3. The maximum atomic E-state index is 11.6. The minimum Gasteiger partial charge on any atom is -0.479 e. The van der Waals surface area contributed by atoms with Crippen LogP contribution in [0.2, 0.25) is 0 Å². The molecule has 0 aromatic heterocycles. The molecule has 0 amide bonds. The van der Waals surface area contributed by atoms with E-state index in [1.54, 1.807) is 6.08 Å². The van der Waals surface area contributed by atoms with Crippen LogP contribution in [-0.4, -0.2) is 122 Å². The number of ether oxygens (including phenoxy) is 7. The molecule has 13 nitrogen and oxygen atoms in total. The van der Waals surface area contributed by atoms with Crippen molar-refractivity contribution in [1.82, 2.24) is 0 Å². The van der Waals surface area contributed by atoms with E-state index in [1.165, 1.54) is 6.92 Å². The van der Waals surface area contributed by atoms with Crippen LogP contribution in [0.15, 0.2) is 36.0 Å². The molecular formula is C44H68O13. The first-order valence-electron chi connectivity index (χ1n) is 21.7. The average Bonchev–Trinajstić information content (AvgIpc) is 3.56. The van der Waals surface area contributed by atoms with Crippen LogP contribution in [-0.2, 0) is 38.0 Å². The van der Waals surface area contributed by atoms with Crippen LogP contribution in [0.3, 0.4) is 0 Å². The summed E-state index contributed by atoms with van der Waals surface area (Å²) in [4.78, 5) is 11.6. The summed E-state index contributed by atoms with van der Waals surface area (Å²) < 4.78 is 45.2. The zero-order chi connectivity index (χ0) is 40.9. The van der Waals surface area contributed by atoms with E-state index < -0.39 is 71.7 Å². The number of hydrogen-bond acceptors (Lipinski definition) is 12. The van der Waals surface area contributed by atoms with Gasteiger partial charge in [0, 0.05) is 38.0 Å². The smallest absolute Gasteiger partial charge is 0.335 e. The van der Waals surface area contributed by atoms with Gasteiger partial charge in [0.25, 0.3) is 0 Å². The Morgan fingerprint density at radius 3 is 2.49 bits per heavy atom. The van der Waals surface area contributed by atoms with E-state index in [2.05, 4.69) is 26.5 Å². The van der Waals surface area contributed by atoms with Gasteiger partial charge in [-0.1, -0.05) is 45.1 Å². The van der Waals surface area contributed by atoms with Crippen molar-refractivity contribution in [3.05, 3.63) is 36.0 Å². The van der Waals surface area contributed by atoms with Gasteiger partial charge in [-0.15, -0.1) is 0 Å². The highest BCUT2D eigenvalue weighted by atomic mass is 16.7. The molecule has 7 rings (SSSR count). The van der Waals surface area contributed by atoms with Crippen molar-refractivity contribution in [1.29, 1.82) is 0 Å². The number of carboxylic acid groups (broad SMARTS) is 1. The second kappa shape index (κ2) is 17.0. The Balaban J connectivity index is 0.920. The Bertz CT molecular complexity index is 1510. The maximum absolute atomic E-state index is 11.6. The molecule has 3 spiro atoms. The lowest BCUT2D eigenvalue weighted by Gasteiger charge is -2.50. The Morgan fingerprint density at radius 2 is 1.75 bits per heavy atom. The van der Waals surface area contributed by atoms with Crippen LogP contribution in [0.25, 0.3) is 0 Å². The molecule has 0 aromatic rings. The lowest BCUT2D eigenvalue weighted by atomic mass is 9.79. The molecule has 5 N–H and O–H groups in total. The highest BCUT2D eigenvalue weighted by Crippen LogP contribution is 2.47. The SMILES string of the molecule is C=C1[C@@H](O)[C@@H]2O[C@]3(CC[C@H](C=C[C@@H](C)[C@@H]4CC(C)=C[C@@]5(O[C@H](C[C@@](C)(O)C(=O)O)CC[C@H]5O)O4)O3)CC[C@H]2O[C@@H]1[C@@H](O)C[C@H](C)[C@H]1O[C@@]2(CCCCO2)CC[C@H]1C. The van der Waals surface area contributed by atoms with Crippen LogP contribution in [0, 0.1) is 17.8 Å². The first-order valence-corrected chi connectivity index (χ1v) is 21.7. The van der Waals surface area contributed by atoms with Crippen LogP contribution in [0.1, 0.15) is 125 Å². The Hall–Kier alpha value is -1.75. The Labute approximate surface area is 337 Å². The van der Waals surface area contributed by atoms with Crippen molar-refractivity contribution >= 4 is 5.97 Å². The molecule has 6 fully saturated rings. The quantitative estimate of drug-likeness (QED) is 0.182. The largest absolute Gasteiger partial charge is 0.479 e. The summed E-state index contributed by atoms with van der Waals surface area (Å²) in [5, 5.41) is 54.0. The predicted octanol–water partition coefficient (Wildman–Crippen LogP) is 5.21. The van der Waals surface area contributed by atoms with Crippen LogP contribution < -0.4 is 0 Å². The number of carbonyl (C=O) groups is 1. The number of aliphatic hydroxyl groups is 4. The molecule has 0 bridgehead atoms. The molecule has 57 heavy (non-hydrogen) atoms. The molecule has 0 saturated carbocycles. The van der Waals surface area contributed by atoms with Gasteiger partial charge in [-0.2, -0.15) is 0 Å². The summed E-state index contributed by atoms with van der Waals surface area (Å²) in [6, 6.07) is 0. The molecule has 0 aliphatic carbocycles. The second-order valence-electron chi connectivity index (χ2n) is 18.9. The first kappa shape index (κ1) is 43.3. The Kier molecular flexibility index (Phi) is 12.9. The van der Waals surface area contributed by atoms with Crippen LogP contribution in [0.4, 0.5) is 0 Å². The van der Waals surface area contributed by atoms with E-state index in [4.69, 9.17) is 33.2 Å². The number of rotatable bonds is 10. The molecule has 322 valence electrons. The summed E-state index contributed by atoms with van der Waals surface area (Å²) in [5.74, 6) is -3.82. The summed E-state index contributed by atoms with van der Waals surface area (Å²) in [6.45, 7) is 14.5. The summed E-state index contributed by atoms with van der Waals surface area (Å²) in [5.41, 5.74) is -0.551. The third kappa shape index (κ3) is 9.15. The van der Waals surface area contributed by atoms with E-state index in [-0.39, 0.29) is 36.6 Å². The molecule has 6 saturated heterocycles. The second-order valence-corrected chi connectivity index (χ2v) is 18.9. The van der Waals surface area contributed by atoms with Crippen molar-refractivity contribution in [2.24, 2.45) is 17.8 Å². The van der Waals surface area contributed by atoms with Crippen molar-refractivity contribution in [3.63, 3.8) is 0 Å². The fraction of sp³-hybridized carbons (Fsp3) is 0.841. The lowest BCUT2D eigenvalue weighted by Crippen LogP contribution is -2.60. The summed E-state index contributed by atoms with van der Waals surface area (Å²) in [7, 11) is 0.